The Morgan fingerprint density at radius 1 is 1.48 bits per heavy atom. The van der Waals surface area contributed by atoms with Gasteiger partial charge in [-0.05, 0) is 39.8 Å². The lowest BCUT2D eigenvalue weighted by molar-refractivity contribution is -0.0453. The predicted octanol–water partition coefficient (Wildman–Crippen LogP) is 2.53. The molecule has 0 N–H and O–H groups in total. The van der Waals surface area contributed by atoms with Crippen molar-refractivity contribution in [2.24, 2.45) is 0 Å². The van der Waals surface area contributed by atoms with E-state index in [0.717, 1.165) is 32.8 Å². The van der Waals surface area contributed by atoms with Gasteiger partial charge in [-0.1, -0.05) is 6.92 Å². The summed E-state index contributed by atoms with van der Waals surface area (Å²) < 4.78 is 6.24. The van der Waals surface area contributed by atoms with Gasteiger partial charge in [0.25, 0.3) is 0 Å². The van der Waals surface area contributed by atoms with Gasteiger partial charge in [-0.25, -0.2) is 4.98 Å². The van der Waals surface area contributed by atoms with Gasteiger partial charge in [-0.15, -0.1) is 11.3 Å². The standard InChI is InChI=1S/C16H27N3OS/c1-4-18(3)15-9-16(20-11-15)5-7-19(8-6-16)10-14-12-21-13(2)17-14/h12,15H,4-11H2,1-3H3/t15-/m0/s1. The van der Waals surface area contributed by atoms with Crippen LogP contribution in [0.3, 0.4) is 0 Å². The summed E-state index contributed by atoms with van der Waals surface area (Å²) in [7, 11) is 2.22. The molecular weight excluding hydrogens is 282 g/mol. The Labute approximate surface area is 132 Å². The number of likely N-dealkylation sites (N-methyl/N-ethyl adjacent to an activating group) is 1. The molecule has 0 bridgehead atoms. The van der Waals surface area contributed by atoms with Crippen LogP contribution in [0.15, 0.2) is 5.38 Å². The van der Waals surface area contributed by atoms with E-state index < -0.39 is 0 Å². The first-order chi connectivity index (χ1) is 10.1. The van der Waals surface area contributed by atoms with Gasteiger partial charge >= 0.3 is 0 Å². The highest BCUT2D eigenvalue weighted by molar-refractivity contribution is 7.09. The lowest BCUT2D eigenvalue weighted by Gasteiger charge is -2.38. The fraction of sp³-hybridized carbons (Fsp3) is 0.812. The first-order valence-corrected chi connectivity index (χ1v) is 8.96. The van der Waals surface area contributed by atoms with Gasteiger partial charge in [0.05, 0.1) is 22.9 Å². The first kappa shape index (κ1) is 15.4. The van der Waals surface area contributed by atoms with Crippen molar-refractivity contribution in [2.45, 2.75) is 51.3 Å². The second-order valence-corrected chi connectivity index (χ2v) is 7.62. The fourth-order valence-corrected chi connectivity index (χ4v) is 4.14. The van der Waals surface area contributed by atoms with Crippen molar-refractivity contribution in [3.63, 3.8) is 0 Å². The number of ether oxygens (including phenoxy) is 1. The Morgan fingerprint density at radius 2 is 2.24 bits per heavy atom. The molecule has 2 aliphatic rings. The average Bonchev–Trinajstić information content (AvgIpc) is 3.08. The number of aromatic nitrogens is 1. The van der Waals surface area contributed by atoms with Crippen LogP contribution in [0.4, 0.5) is 0 Å². The Bertz CT molecular complexity index is 468. The van der Waals surface area contributed by atoms with Crippen LogP contribution < -0.4 is 0 Å². The number of rotatable bonds is 4. The summed E-state index contributed by atoms with van der Waals surface area (Å²) in [5, 5.41) is 3.36. The summed E-state index contributed by atoms with van der Waals surface area (Å²) in [5.74, 6) is 0. The molecule has 4 nitrogen and oxygen atoms in total. The number of piperidine rings is 1. The van der Waals surface area contributed by atoms with Gasteiger partial charge in [-0.2, -0.15) is 0 Å². The van der Waals surface area contributed by atoms with Crippen LogP contribution in [0, 0.1) is 6.92 Å². The highest BCUT2D eigenvalue weighted by Crippen LogP contribution is 2.37. The van der Waals surface area contributed by atoms with Crippen molar-refractivity contribution in [1.29, 1.82) is 0 Å². The molecule has 0 unspecified atom stereocenters. The molecule has 0 aliphatic carbocycles. The number of thiazole rings is 1. The third-order valence-corrected chi connectivity index (χ3v) is 5.95. The third-order valence-electron chi connectivity index (χ3n) is 5.13. The summed E-state index contributed by atoms with van der Waals surface area (Å²) in [6, 6.07) is 0.614. The van der Waals surface area contributed by atoms with Gasteiger partial charge in [0.15, 0.2) is 0 Å². The van der Waals surface area contributed by atoms with E-state index in [1.165, 1.54) is 30.0 Å². The van der Waals surface area contributed by atoms with E-state index in [-0.39, 0.29) is 5.60 Å². The van der Waals surface area contributed by atoms with Crippen molar-refractivity contribution in [3.8, 4) is 0 Å². The Balaban J connectivity index is 1.51. The van der Waals surface area contributed by atoms with Crippen LogP contribution in [-0.2, 0) is 11.3 Å². The highest BCUT2D eigenvalue weighted by Gasteiger charge is 2.43. The topological polar surface area (TPSA) is 28.6 Å². The third kappa shape index (κ3) is 3.47. The minimum absolute atomic E-state index is 0.155. The van der Waals surface area contributed by atoms with Crippen LogP contribution in [-0.4, -0.2) is 59.7 Å². The second-order valence-electron chi connectivity index (χ2n) is 6.56. The predicted molar refractivity (Wildman–Crippen MR) is 86.8 cm³/mol. The van der Waals surface area contributed by atoms with E-state index in [9.17, 15) is 0 Å². The zero-order valence-electron chi connectivity index (χ0n) is 13.5. The van der Waals surface area contributed by atoms with Gasteiger partial charge in [0, 0.05) is 31.1 Å². The summed E-state index contributed by atoms with van der Waals surface area (Å²) in [6.07, 6.45) is 3.55. The molecule has 118 valence electrons. The monoisotopic (exact) mass is 309 g/mol. The molecule has 3 heterocycles. The maximum atomic E-state index is 6.24. The van der Waals surface area contributed by atoms with Gasteiger partial charge < -0.3 is 9.64 Å². The molecular formula is C16H27N3OS. The van der Waals surface area contributed by atoms with Crippen molar-refractivity contribution >= 4 is 11.3 Å². The highest BCUT2D eigenvalue weighted by atomic mass is 32.1. The molecule has 3 rings (SSSR count). The number of likely N-dealkylation sites (tertiary alicyclic amines) is 1. The van der Waals surface area contributed by atoms with Crippen LogP contribution in [0.2, 0.25) is 0 Å². The quantitative estimate of drug-likeness (QED) is 0.854. The summed E-state index contributed by atoms with van der Waals surface area (Å²) in [4.78, 5) is 9.54. The van der Waals surface area contributed by atoms with Crippen LogP contribution in [0.5, 0.6) is 0 Å². The SMILES string of the molecule is CCN(C)[C@@H]1COC2(CCN(Cc3csc(C)n3)CC2)C1. The molecule has 1 atom stereocenters. The molecule has 0 saturated carbocycles. The van der Waals surface area contributed by atoms with Gasteiger partial charge in [0.1, 0.15) is 0 Å². The van der Waals surface area contributed by atoms with Crippen molar-refractivity contribution < 1.29 is 4.74 Å². The molecule has 1 aromatic heterocycles. The van der Waals surface area contributed by atoms with Gasteiger partial charge in [-0.3, -0.25) is 4.90 Å². The van der Waals surface area contributed by atoms with Crippen LogP contribution in [0.1, 0.15) is 36.9 Å². The molecule has 0 aromatic carbocycles. The normalized spacial score (nSPS) is 26.0. The molecule has 1 spiro atoms. The van der Waals surface area contributed by atoms with Crippen LogP contribution >= 0.6 is 11.3 Å². The minimum atomic E-state index is 0.155. The van der Waals surface area contributed by atoms with E-state index in [4.69, 9.17) is 4.74 Å². The number of nitrogens with zero attached hydrogens (tertiary/aromatic N) is 3. The van der Waals surface area contributed by atoms with Crippen molar-refractivity contribution in [1.82, 2.24) is 14.8 Å². The maximum Gasteiger partial charge on any atom is 0.0897 e. The molecule has 2 aliphatic heterocycles. The zero-order valence-corrected chi connectivity index (χ0v) is 14.3. The molecule has 1 aromatic rings. The second kappa shape index (κ2) is 6.32. The Hall–Kier alpha value is -0.490. The lowest BCUT2D eigenvalue weighted by Crippen LogP contribution is -2.44. The Morgan fingerprint density at radius 3 is 2.86 bits per heavy atom. The lowest BCUT2D eigenvalue weighted by atomic mass is 9.87. The fourth-order valence-electron chi connectivity index (χ4n) is 3.54. The van der Waals surface area contributed by atoms with E-state index in [2.05, 4.69) is 41.1 Å². The van der Waals surface area contributed by atoms with E-state index in [1.54, 1.807) is 11.3 Å². The summed E-state index contributed by atoms with van der Waals surface area (Å²) in [6.45, 7) is 9.60. The number of aryl methyl sites for hydroxylation is 1. The van der Waals surface area contributed by atoms with E-state index >= 15 is 0 Å². The smallest absolute Gasteiger partial charge is 0.0897 e. The van der Waals surface area contributed by atoms with Crippen molar-refractivity contribution in [3.05, 3.63) is 16.1 Å². The molecule has 5 heteroatoms. The average molecular weight is 309 g/mol. The molecule has 0 amide bonds. The zero-order chi connectivity index (χ0) is 14.9. The van der Waals surface area contributed by atoms with Crippen LogP contribution in [0.25, 0.3) is 0 Å². The first-order valence-electron chi connectivity index (χ1n) is 8.08. The maximum absolute atomic E-state index is 6.24. The number of hydrogen-bond acceptors (Lipinski definition) is 5. The Kier molecular flexibility index (Phi) is 4.64. The number of hydrogen-bond donors (Lipinski definition) is 0. The minimum Gasteiger partial charge on any atom is -0.373 e. The largest absolute Gasteiger partial charge is 0.373 e. The molecule has 2 saturated heterocycles. The van der Waals surface area contributed by atoms with E-state index in [0.29, 0.717) is 6.04 Å². The van der Waals surface area contributed by atoms with Gasteiger partial charge in [0.2, 0.25) is 0 Å². The summed E-state index contributed by atoms with van der Waals surface area (Å²) >= 11 is 1.75. The molecule has 21 heavy (non-hydrogen) atoms. The summed E-state index contributed by atoms with van der Waals surface area (Å²) in [5.41, 5.74) is 1.38. The molecule has 0 radical (unpaired) electrons. The molecule has 2 fully saturated rings. The van der Waals surface area contributed by atoms with Crippen molar-refractivity contribution in [2.75, 3.05) is 33.3 Å². The van der Waals surface area contributed by atoms with E-state index in [1.807, 2.05) is 0 Å².